The third-order valence-corrected chi connectivity index (χ3v) is 6.92. The fourth-order valence-electron chi connectivity index (χ4n) is 4.53. The third-order valence-electron chi connectivity index (χ3n) is 6.66. The van der Waals surface area contributed by atoms with Gasteiger partial charge in [0.15, 0.2) is 0 Å². The lowest BCUT2D eigenvalue weighted by molar-refractivity contribution is -0.141. The fourth-order valence-corrected chi connectivity index (χ4v) is 4.66. The molecule has 0 spiro atoms. The van der Waals surface area contributed by atoms with Crippen LogP contribution in [0.2, 0.25) is 5.02 Å². The minimum Gasteiger partial charge on any atom is -0.369 e. The van der Waals surface area contributed by atoms with Crippen LogP contribution in [0.4, 0.5) is 5.69 Å². The van der Waals surface area contributed by atoms with Gasteiger partial charge in [-0.1, -0.05) is 61.9 Å². The van der Waals surface area contributed by atoms with Gasteiger partial charge >= 0.3 is 0 Å². The number of benzene rings is 2. The fraction of sp³-hybridized carbons (Fsp3) is 0.357. The molecule has 1 heterocycles. The molecule has 8 heteroatoms. The van der Waals surface area contributed by atoms with Crippen LogP contribution in [0.15, 0.2) is 66.2 Å². The van der Waals surface area contributed by atoms with E-state index in [0.717, 1.165) is 11.1 Å². The lowest BCUT2D eigenvalue weighted by Crippen LogP contribution is -2.53. The molecule has 3 atom stereocenters. The number of carbonyl (C=O) groups excluding carboxylic acids is 3. The molecule has 0 saturated heterocycles. The minimum absolute atomic E-state index is 0.106. The number of likely N-dealkylation sites (N-methyl/N-ethyl adjacent to an activating group) is 1. The molecular weight excluding hydrogens is 476 g/mol. The number of allylic oxidation sites excluding steroid dienone is 1. The molecule has 2 aromatic rings. The number of primary amides is 1. The average Bonchev–Trinajstić information content (AvgIpc) is 2.93. The van der Waals surface area contributed by atoms with Crippen molar-refractivity contribution in [1.82, 2.24) is 5.32 Å². The molecule has 3 amide bonds. The molecule has 0 unspecified atom stereocenters. The van der Waals surface area contributed by atoms with Crippen molar-refractivity contribution in [2.75, 3.05) is 11.9 Å². The number of para-hydroxylation sites is 1. The first kappa shape index (κ1) is 27.1. The lowest BCUT2D eigenvalue weighted by Gasteiger charge is -2.35. The van der Waals surface area contributed by atoms with Crippen molar-refractivity contribution in [3.8, 4) is 0 Å². The second-order valence-electron chi connectivity index (χ2n) is 9.77. The van der Waals surface area contributed by atoms with Crippen LogP contribution in [0.5, 0.6) is 0 Å². The Kier molecular flexibility index (Phi) is 8.35. The SMILES string of the molecule is C=CC[C@@](C)(C(N)=O)[C@@H](CC(C)C)C(=O)N[C@H]1N=C(c2ccc(Cl)cc2)c2ccccc2N(C)C1=O. The highest BCUT2D eigenvalue weighted by Crippen LogP contribution is 2.36. The van der Waals surface area contributed by atoms with E-state index in [0.29, 0.717) is 22.8 Å². The second kappa shape index (κ2) is 11.1. The number of rotatable bonds is 9. The largest absolute Gasteiger partial charge is 0.369 e. The summed E-state index contributed by atoms with van der Waals surface area (Å²) in [6, 6.07) is 14.6. The smallest absolute Gasteiger partial charge is 0.272 e. The topological polar surface area (TPSA) is 105 Å². The number of benzodiazepines with no additional fused rings is 1. The Morgan fingerprint density at radius 2 is 1.86 bits per heavy atom. The molecule has 2 aromatic carbocycles. The van der Waals surface area contributed by atoms with Gasteiger partial charge in [-0.05, 0) is 43.9 Å². The van der Waals surface area contributed by atoms with Crippen LogP contribution in [0.3, 0.4) is 0 Å². The Labute approximate surface area is 217 Å². The Hall–Kier alpha value is -3.45. The van der Waals surface area contributed by atoms with E-state index in [-0.39, 0.29) is 12.3 Å². The van der Waals surface area contributed by atoms with E-state index in [4.69, 9.17) is 22.3 Å². The Morgan fingerprint density at radius 1 is 1.22 bits per heavy atom. The van der Waals surface area contributed by atoms with E-state index in [9.17, 15) is 14.4 Å². The monoisotopic (exact) mass is 508 g/mol. The quantitative estimate of drug-likeness (QED) is 0.492. The van der Waals surface area contributed by atoms with Crippen LogP contribution in [-0.2, 0) is 14.4 Å². The molecule has 3 rings (SSSR count). The van der Waals surface area contributed by atoms with Crippen molar-refractivity contribution < 1.29 is 14.4 Å². The number of hydrogen-bond acceptors (Lipinski definition) is 4. The molecule has 190 valence electrons. The first-order chi connectivity index (χ1) is 17.0. The van der Waals surface area contributed by atoms with Crippen molar-refractivity contribution >= 4 is 40.7 Å². The minimum atomic E-state index is -1.20. The molecule has 0 saturated carbocycles. The highest BCUT2D eigenvalue weighted by molar-refractivity contribution is 6.30. The molecular formula is C28H33ClN4O3. The van der Waals surface area contributed by atoms with Crippen molar-refractivity contribution in [3.63, 3.8) is 0 Å². The number of aliphatic imine (C=N–C) groups is 1. The summed E-state index contributed by atoms with van der Waals surface area (Å²) in [4.78, 5) is 45.9. The van der Waals surface area contributed by atoms with Gasteiger partial charge in [-0.15, -0.1) is 6.58 Å². The van der Waals surface area contributed by atoms with Gasteiger partial charge in [0.1, 0.15) is 0 Å². The number of amides is 3. The highest BCUT2D eigenvalue weighted by Gasteiger charge is 2.44. The third kappa shape index (κ3) is 5.51. The Morgan fingerprint density at radius 3 is 2.44 bits per heavy atom. The summed E-state index contributed by atoms with van der Waals surface area (Å²) in [5.41, 5.74) is 7.32. The molecule has 7 nitrogen and oxygen atoms in total. The summed E-state index contributed by atoms with van der Waals surface area (Å²) in [5.74, 6) is -2.11. The number of nitrogens with one attached hydrogen (secondary N) is 1. The van der Waals surface area contributed by atoms with Gasteiger partial charge in [-0.3, -0.25) is 14.4 Å². The summed E-state index contributed by atoms with van der Waals surface area (Å²) < 4.78 is 0. The number of hydrogen-bond donors (Lipinski definition) is 2. The molecule has 1 aliphatic rings. The molecule has 0 fully saturated rings. The van der Waals surface area contributed by atoms with E-state index in [1.807, 2.05) is 50.2 Å². The number of nitrogens with zero attached hydrogens (tertiary/aromatic N) is 2. The van der Waals surface area contributed by atoms with Crippen LogP contribution < -0.4 is 16.0 Å². The van der Waals surface area contributed by atoms with E-state index in [2.05, 4.69) is 11.9 Å². The zero-order valence-electron chi connectivity index (χ0n) is 21.1. The summed E-state index contributed by atoms with van der Waals surface area (Å²) in [7, 11) is 1.65. The first-order valence-electron chi connectivity index (χ1n) is 11.9. The lowest BCUT2D eigenvalue weighted by atomic mass is 9.70. The number of anilines is 1. The maximum absolute atomic E-state index is 13.7. The molecule has 0 radical (unpaired) electrons. The van der Waals surface area contributed by atoms with Gasteiger partial charge in [0.25, 0.3) is 5.91 Å². The van der Waals surface area contributed by atoms with Crippen molar-refractivity contribution in [3.05, 3.63) is 77.3 Å². The Balaban J connectivity index is 2.08. The molecule has 0 aliphatic carbocycles. The van der Waals surface area contributed by atoms with Crippen LogP contribution in [-0.4, -0.2) is 36.6 Å². The second-order valence-corrected chi connectivity index (χ2v) is 10.2. The number of halogens is 1. The maximum Gasteiger partial charge on any atom is 0.272 e. The zero-order valence-corrected chi connectivity index (χ0v) is 21.9. The van der Waals surface area contributed by atoms with E-state index < -0.39 is 35.2 Å². The molecule has 36 heavy (non-hydrogen) atoms. The van der Waals surface area contributed by atoms with Crippen molar-refractivity contribution in [2.24, 2.45) is 28.0 Å². The molecule has 0 bridgehead atoms. The zero-order chi connectivity index (χ0) is 26.6. The summed E-state index contributed by atoms with van der Waals surface area (Å²) in [6.07, 6.45) is 1.03. The predicted octanol–water partition coefficient (Wildman–Crippen LogP) is 4.33. The summed E-state index contributed by atoms with van der Waals surface area (Å²) in [6.45, 7) is 9.34. The number of nitrogens with two attached hydrogens (primary N) is 1. The molecule has 1 aliphatic heterocycles. The molecule has 0 aromatic heterocycles. The summed E-state index contributed by atoms with van der Waals surface area (Å²) in [5, 5.41) is 3.40. The average molecular weight is 509 g/mol. The van der Waals surface area contributed by atoms with E-state index in [1.54, 1.807) is 32.2 Å². The number of carbonyl (C=O) groups is 3. The van der Waals surface area contributed by atoms with E-state index in [1.165, 1.54) is 4.90 Å². The van der Waals surface area contributed by atoms with Gasteiger partial charge in [-0.2, -0.15) is 0 Å². The normalized spacial score (nSPS) is 17.9. The van der Waals surface area contributed by atoms with Crippen molar-refractivity contribution in [2.45, 2.75) is 39.8 Å². The highest BCUT2D eigenvalue weighted by atomic mass is 35.5. The van der Waals surface area contributed by atoms with Gasteiger partial charge in [0.05, 0.1) is 22.7 Å². The van der Waals surface area contributed by atoms with Gasteiger partial charge in [0.2, 0.25) is 18.0 Å². The van der Waals surface area contributed by atoms with Gasteiger partial charge < -0.3 is 16.0 Å². The summed E-state index contributed by atoms with van der Waals surface area (Å²) >= 11 is 6.09. The van der Waals surface area contributed by atoms with Gasteiger partial charge in [0, 0.05) is 23.2 Å². The van der Waals surface area contributed by atoms with Crippen molar-refractivity contribution in [1.29, 1.82) is 0 Å². The van der Waals surface area contributed by atoms with Crippen LogP contribution in [0.25, 0.3) is 0 Å². The van der Waals surface area contributed by atoms with Crippen LogP contribution in [0.1, 0.15) is 44.7 Å². The predicted molar refractivity (Wildman–Crippen MR) is 144 cm³/mol. The van der Waals surface area contributed by atoms with Crippen LogP contribution in [0, 0.1) is 17.3 Å². The maximum atomic E-state index is 13.7. The molecule has 3 N–H and O–H groups in total. The first-order valence-corrected chi connectivity index (χ1v) is 12.3. The number of fused-ring (bicyclic) bond motifs is 1. The Bertz CT molecular complexity index is 1190. The van der Waals surface area contributed by atoms with Crippen LogP contribution >= 0.6 is 11.6 Å². The standard InChI is InChI=1S/C28H33ClN4O3/c1-6-15-28(4,27(30)36)21(16-17(2)3)25(34)32-24-26(35)33(5)22-10-8-7-9-20(22)23(31-24)18-11-13-19(29)14-12-18/h6-14,17,21,24H,1,15-16H2,2-5H3,(H2,30,36)(H,32,34)/t21-,24+,28+/m0/s1. The van der Waals surface area contributed by atoms with E-state index >= 15 is 0 Å². The van der Waals surface area contributed by atoms with Gasteiger partial charge in [-0.25, -0.2) is 4.99 Å².